The minimum atomic E-state index is -1.29. The third-order valence-electron chi connectivity index (χ3n) is 9.10. The summed E-state index contributed by atoms with van der Waals surface area (Å²) < 4.78 is 24.2. The van der Waals surface area contributed by atoms with E-state index in [2.05, 4.69) is 17.4 Å². The molecular formula is C46H48N2O8. The van der Waals surface area contributed by atoms with Crippen molar-refractivity contribution in [1.82, 2.24) is 5.32 Å². The van der Waals surface area contributed by atoms with Crippen molar-refractivity contribution in [3.8, 4) is 11.5 Å². The summed E-state index contributed by atoms with van der Waals surface area (Å²) in [5.41, 5.74) is 5.11. The summed E-state index contributed by atoms with van der Waals surface area (Å²) in [6.45, 7) is 6.62. The van der Waals surface area contributed by atoms with Gasteiger partial charge in [0.2, 0.25) is 0 Å². The molecule has 2 atom stereocenters. The van der Waals surface area contributed by atoms with Crippen LogP contribution in [0.5, 0.6) is 11.5 Å². The van der Waals surface area contributed by atoms with E-state index in [9.17, 15) is 19.5 Å². The Hall–Kier alpha value is -6.13. The SMILES string of the molecule is CC(C)(C)OC(=O)NCc1cccc(C2OC(CC(=O)O)C(=O)N(Cc3ccc(OCc4ccccc4)cc3)c3ccc(OCCCc4ccccc4)cc32)c1. The number of aryl methyl sites for hydroxylation is 1. The normalized spacial score (nSPS) is 15.3. The number of hydrogen-bond donors (Lipinski definition) is 2. The van der Waals surface area contributed by atoms with Gasteiger partial charge in [0.05, 0.1) is 25.3 Å². The number of ether oxygens (including phenoxy) is 4. The minimum Gasteiger partial charge on any atom is -0.494 e. The average Bonchev–Trinajstić information content (AvgIpc) is 3.29. The van der Waals surface area contributed by atoms with E-state index in [1.807, 2.05) is 115 Å². The lowest BCUT2D eigenvalue weighted by molar-refractivity contribution is -0.147. The maximum absolute atomic E-state index is 14.4. The molecular weight excluding hydrogens is 709 g/mol. The summed E-state index contributed by atoms with van der Waals surface area (Å²) in [6.07, 6.45) is -1.56. The number of hydrogen-bond acceptors (Lipinski definition) is 7. The Balaban J connectivity index is 1.30. The van der Waals surface area contributed by atoms with Crippen LogP contribution in [-0.2, 0) is 45.2 Å². The lowest BCUT2D eigenvalue weighted by atomic mass is 9.97. The van der Waals surface area contributed by atoms with Gasteiger partial charge in [-0.05, 0) is 91.8 Å². The van der Waals surface area contributed by atoms with Crippen LogP contribution in [0.3, 0.4) is 0 Å². The first-order valence-corrected chi connectivity index (χ1v) is 18.8. The number of benzene rings is 5. The largest absolute Gasteiger partial charge is 0.494 e. The molecule has 290 valence electrons. The molecule has 56 heavy (non-hydrogen) atoms. The number of aliphatic carboxylic acids is 1. The van der Waals surface area contributed by atoms with Gasteiger partial charge in [-0.3, -0.25) is 9.59 Å². The van der Waals surface area contributed by atoms with Gasteiger partial charge in [0.15, 0.2) is 0 Å². The van der Waals surface area contributed by atoms with Crippen LogP contribution in [0, 0.1) is 0 Å². The number of carboxylic acids is 1. The Morgan fingerprint density at radius 2 is 1.45 bits per heavy atom. The van der Waals surface area contributed by atoms with Crippen molar-refractivity contribution in [3.63, 3.8) is 0 Å². The Morgan fingerprint density at radius 1 is 0.768 bits per heavy atom. The monoisotopic (exact) mass is 756 g/mol. The first-order chi connectivity index (χ1) is 27.0. The molecule has 1 heterocycles. The molecule has 2 N–H and O–H groups in total. The van der Waals surface area contributed by atoms with Gasteiger partial charge < -0.3 is 34.3 Å². The fourth-order valence-corrected chi connectivity index (χ4v) is 6.46. The van der Waals surface area contributed by atoms with Crippen LogP contribution in [-0.4, -0.2) is 41.4 Å². The number of anilines is 1. The molecule has 5 aromatic rings. The van der Waals surface area contributed by atoms with Gasteiger partial charge in [-0.25, -0.2) is 4.79 Å². The molecule has 0 saturated heterocycles. The maximum Gasteiger partial charge on any atom is 0.407 e. The fourth-order valence-electron chi connectivity index (χ4n) is 6.46. The standard InChI is InChI=1S/C46H48N2O8/c1-46(2,3)56-45(52)47-29-35-16-10-18-36(26-35)43-39-27-38(53-25-11-17-32-12-6-4-7-13-32)23-24-40(39)48(44(51)41(55-43)28-42(49)50)30-33-19-21-37(22-20-33)54-31-34-14-8-5-9-15-34/h4-10,12-16,18-24,26-27,41,43H,11,17,25,28-31H2,1-3H3,(H,47,52)(H,49,50). The lowest BCUT2D eigenvalue weighted by Gasteiger charge is -2.25. The zero-order valence-electron chi connectivity index (χ0n) is 32.0. The number of nitrogens with one attached hydrogen (secondary N) is 1. The number of nitrogens with zero attached hydrogens (tertiary/aromatic N) is 1. The highest BCUT2D eigenvalue weighted by atomic mass is 16.6. The summed E-state index contributed by atoms with van der Waals surface area (Å²) in [4.78, 5) is 40.6. The molecule has 1 aliphatic rings. The van der Waals surface area contributed by atoms with Crippen molar-refractivity contribution in [2.24, 2.45) is 0 Å². The quantitative estimate of drug-likeness (QED) is 0.102. The number of carbonyl (C=O) groups is 3. The van der Waals surface area contributed by atoms with Crippen molar-refractivity contribution < 1.29 is 38.4 Å². The molecule has 10 heteroatoms. The summed E-state index contributed by atoms with van der Waals surface area (Å²) in [5.74, 6) is -0.356. The molecule has 0 fully saturated rings. The molecule has 0 aromatic heterocycles. The lowest BCUT2D eigenvalue weighted by Crippen LogP contribution is -2.40. The highest BCUT2D eigenvalue weighted by Crippen LogP contribution is 2.41. The number of carbonyl (C=O) groups excluding carboxylic acids is 2. The second kappa shape index (κ2) is 18.5. The maximum atomic E-state index is 14.4. The van der Waals surface area contributed by atoms with E-state index < -0.39 is 42.2 Å². The molecule has 6 rings (SSSR count). The summed E-state index contributed by atoms with van der Waals surface area (Å²) >= 11 is 0. The molecule has 5 aromatic carbocycles. The highest BCUT2D eigenvalue weighted by molar-refractivity contribution is 5.99. The first kappa shape index (κ1) is 39.6. The highest BCUT2D eigenvalue weighted by Gasteiger charge is 2.38. The van der Waals surface area contributed by atoms with E-state index in [0.29, 0.717) is 41.5 Å². The van der Waals surface area contributed by atoms with Gasteiger partial charge in [0, 0.05) is 12.1 Å². The number of fused-ring (bicyclic) bond motifs is 1. The number of amides is 2. The van der Waals surface area contributed by atoms with E-state index in [-0.39, 0.29) is 13.1 Å². The predicted octanol–water partition coefficient (Wildman–Crippen LogP) is 8.80. The molecule has 2 unspecified atom stereocenters. The Bertz CT molecular complexity index is 2080. The van der Waals surface area contributed by atoms with Crippen LogP contribution in [0.4, 0.5) is 10.5 Å². The van der Waals surface area contributed by atoms with Crippen LogP contribution >= 0.6 is 0 Å². The van der Waals surface area contributed by atoms with E-state index >= 15 is 0 Å². The van der Waals surface area contributed by atoms with Crippen LogP contribution in [0.15, 0.2) is 127 Å². The average molecular weight is 757 g/mol. The van der Waals surface area contributed by atoms with Gasteiger partial charge in [-0.1, -0.05) is 97.1 Å². The summed E-state index contributed by atoms with van der Waals surface area (Å²) in [6, 6.07) is 40.6. The minimum absolute atomic E-state index is 0.161. The van der Waals surface area contributed by atoms with Crippen LogP contribution in [0.25, 0.3) is 0 Å². The fraction of sp³-hybridized carbons (Fsp3) is 0.283. The van der Waals surface area contributed by atoms with E-state index in [1.165, 1.54) is 5.56 Å². The molecule has 0 saturated carbocycles. The zero-order chi connectivity index (χ0) is 39.5. The third kappa shape index (κ3) is 11.2. The topological polar surface area (TPSA) is 124 Å². The van der Waals surface area contributed by atoms with Crippen molar-refractivity contribution in [3.05, 3.63) is 161 Å². The number of rotatable bonds is 15. The zero-order valence-corrected chi connectivity index (χ0v) is 32.0. The van der Waals surface area contributed by atoms with Gasteiger partial charge in [-0.2, -0.15) is 0 Å². The van der Waals surface area contributed by atoms with E-state index in [1.54, 1.807) is 25.7 Å². The smallest absolute Gasteiger partial charge is 0.407 e. The van der Waals surface area contributed by atoms with Gasteiger partial charge in [-0.15, -0.1) is 0 Å². The van der Waals surface area contributed by atoms with Gasteiger partial charge in [0.25, 0.3) is 5.91 Å². The van der Waals surface area contributed by atoms with Gasteiger partial charge >= 0.3 is 12.1 Å². The van der Waals surface area contributed by atoms with Gasteiger partial charge in [0.1, 0.15) is 35.9 Å². The number of carboxylic acid groups (broad SMARTS) is 1. The van der Waals surface area contributed by atoms with Crippen molar-refractivity contribution in [1.29, 1.82) is 0 Å². The Labute approximate surface area is 328 Å². The molecule has 0 aliphatic carbocycles. The molecule has 0 spiro atoms. The van der Waals surface area contributed by atoms with Crippen LogP contribution in [0.2, 0.25) is 0 Å². The molecule has 0 bridgehead atoms. The molecule has 1 aliphatic heterocycles. The predicted molar refractivity (Wildman–Crippen MR) is 214 cm³/mol. The van der Waals surface area contributed by atoms with Crippen LogP contribution < -0.4 is 19.7 Å². The third-order valence-corrected chi connectivity index (χ3v) is 9.10. The molecule has 10 nitrogen and oxygen atoms in total. The van der Waals surface area contributed by atoms with Crippen LogP contribution in [0.1, 0.15) is 73.1 Å². The summed E-state index contributed by atoms with van der Waals surface area (Å²) in [5, 5.41) is 12.7. The molecule has 2 amide bonds. The second-order valence-corrected chi connectivity index (χ2v) is 14.7. The number of alkyl carbamates (subject to hydrolysis) is 1. The molecule has 0 radical (unpaired) electrons. The Morgan fingerprint density at radius 3 is 2.14 bits per heavy atom. The second-order valence-electron chi connectivity index (χ2n) is 14.7. The first-order valence-electron chi connectivity index (χ1n) is 18.8. The van der Waals surface area contributed by atoms with Crippen molar-refractivity contribution >= 4 is 23.7 Å². The summed E-state index contributed by atoms with van der Waals surface area (Å²) in [7, 11) is 0. The van der Waals surface area contributed by atoms with E-state index in [4.69, 9.17) is 18.9 Å². The Kier molecular flexibility index (Phi) is 13.0. The van der Waals surface area contributed by atoms with Crippen molar-refractivity contribution in [2.45, 2.75) is 77.5 Å². The van der Waals surface area contributed by atoms with E-state index in [0.717, 1.165) is 29.5 Å². The van der Waals surface area contributed by atoms with Crippen molar-refractivity contribution in [2.75, 3.05) is 11.5 Å².